The van der Waals surface area contributed by atoms with E-state index >= 15 is 0 Å². The summed E-state index contributed by atoms with van der Waals surface area (Å²) in [6.07, 6.45) is 2.58. The van der Waals surface area contributed by atoms with E-state index in [9.17, 15) is 0 Å². The first-order chi connectivity index (χ1) is 7.90. The van der Waals surface area contributed by atoms with Gasteiger partial charge in [-0.3, -0.25) is 4.90 Å². The molecule has 1 N–H and O–H groups in total. The van der Waals surface area contributed by atoms with E-state index in [1.54, 1.807) is 0 Å². The quantitative estimate of drug-likeness (QED) is 0.889. The van der Waals surface area contributed by atoms with Crippen molar-refractivity contribution in [2.75, 3.05) is 19.6 Å². The number of nitrogens with zero attached hydrogens (tertiary/aromatic N) is 1. The Kier molecular flexibility index (Phi) is 6.56. The molecule has 2 nitrogen and oxygen atoms in total. The highest BCUT2D eigenvalue weighted by atomic mass is 35.5. The SMILES string of the molecule is CCCC1CNCCN1Cc1ccccc1.Cl. The summed E-state index contributed by atoms with van der Waals surface area (Å²) in [4.78, 5) is 2.62. The molecule has 1 aromatic carbocycles. The smallest absolute Gasteiger partial charge is 0.0237 e. The van der Waals surface area contributed by atoms with Crippen LogP contribution in [0.25, 0.3) is 0 Å². The zero-order valence-corrected chi connectivity index (χ0v) is 11.4. The lowest BCUT2D eigenvalue weighted by Crippen LogP contribution is -2.50. The second-order valence-electron chi connectivity index (χ2n) is 4.60. The number of piperazine rings is 1. The summed E-state index contributed by atoms with van der Waals surface area (Å²) in [6.45, 7) is 6.84. The maximum Gasteiger partial charge on any atom is 0.0237 e. The molecular weight excluding hydrogens is 232 g/mol. The second-order valence-corrected chi connectivity index (χ2v) is 4.60. The Morgan fingerprint density at radius 2 is 2.06 bits per heavy atom. The maximum atomic E-state index is 3.49. The Labute approximate surface area is 111 Å². The molecule has 1 saturated heterocycles. The first-order valence-corrected chi connectivity index (χ1v) is 6.39. The fraction of sp³-hybridized carbons (Fsp3) is 0.571. The highest BCUT2D eigenvalue weighted by Crippen LogP contribution is 2.13. The minimum Gasteiger partial charge on any atom is -0.314 e. The van der Waals surface area contributed by atoms with Crippen LogP contribution in [-0.4, -0.2) is 30.6 Å². The van der Waals surface area contributed by atoms with Crippen LogP contribution < -0.4 is 5.32 Å². The Bertz CT molecular complexity index is 300. The first kappa shape index (κ1) is 14.5. The lowest BCUT2D eigenvalue weighted by molar-refractivity contribution is 0.144. The van der Waals surface area contributed by atoms with Crippen molar-refractivity contribution in [3.63, 3.8) is 0 Å². The molecule has 1 aliphatic heterocycles. The lowest BCUT2D eigenvalue weighted by Gasteiger charge is -2.36. The minimum absolute atomic E-state index is 0. The molecule has 0 bridgehead atoms. The number of nitrogens with one attached hydrogen (secondary N) is 1. The molecule has 0 amide bonds. The summed E-state index contributed by atoms with van der Waals surface area (Å²) in [7, 11) is 0. The summed E-state index contributed by atoms with van der Waals surface area (Å²) in [5.74, 6) is 0. The van der Waals surface area contributed by atoms with Gasteiger partial charge in [0.15, 0.2) is 0 Å². The predicted molar refractivity (Wildman–Crippen MR) is 75.7 cm³/mol. The number of benzene rings is 1. The van der Waals surface area contributed by atoms with Gasteiger partial charge in [-0.25, -0.2) is 0 Å². The molecule has 2 rings (SSSR count). The fourth-order valence-corrected chi connectivity index (χ4v) is 2.45. The molecule has 0 saturated carbocycles. The molecule has 96 valence electrons. The molecule has 0 aliphatic carbocycles. The van der Waals surface area contributed by atoms with Gasteiger partial charge < -0.3 is 5.32 Å². The van der Waals surface area contributed by atoms with Crippen molar-refractivity contribution in [2.24, 2.45) is 0 Å². The van der Waals surface area contributed by atoms with Crippen LogP contribution in [-0.2, 0) is 6.54 Å². The normalized spacial score (nSPS) is 20.9. The van der Waals surface area contributed by atoms with E-state index in [1.165, 1.54) is 24.9 Å². The zero-order valence-electron chi connectivity index (χ0n) is 10.6. The van der Waals surface area contributed by atoms with Crippen molar-refractivity contribution in [1.29, 1.82) is 0 Å². The van der Waals surface area contributed by atoms with Gasteiger partial charge in [-0.1, -0.05) is 43.7 Å². The third-order valence-electron chi connectivity index (χ3n) is 3.32. The summed E-state index contributed by atoms with van der Waals surface area (Å²) in [5, 5.41) is 3.49. The average molecular weight is 255 g/mol. The van der Waals surface area contributed by atoms with E-state index in [0.29, 0.717) is 0 Å². The van der Waals surface area contributed by atoms with Gasteiger partial charge in [0, 0.05) is 32.2 Å². The summed E-state index contributed by atoms with van der Waals surface area (Å²) >= 11 is 0. The molecule has 1 aromatic rings. The van der Waals surface area contributed by atoms with Crippen molar-refractivity contribution in [2.45, 2.75) is 32.4 Å². The van der Waals surface area contributed by atoms with Gasteiger partial charge in [-0.05, 0) is 12.0 Å². The van der Waals surface area contributed by atoms with Crippen LogP contribution in [0.4, 0.5) is 0 Å². The molecule has 17 heavy (non-hydrogen) atoms. The van der Waals surface area contributed by atoms with Crippen LogP contribution in [0.15, 0.2) is 30.3 Å². The first-order valence-electron chi connectivity index (χ1n) is 6.39. The van der Waals surface area contributed by atoms with Gasteiger partial charge in [-0.2, -0.15) is 0 Å². The number of rotatable bonds is 4. The van der Waals surface area contributed by atoms with E-state index in [1.807, 2.05) is 0 Å². The van der Waals surface area contributed by atoms with Gasteiger partial charge in [-0.15, -0.1) is 12.4 Å². The van der Waals surface area contributed by atoms with Crippen molar-refractivity contribution < 1.29 is 0 Å². The largest absolute Gasteiger partial charge is 0.314 e. The van der Waals surface area contributed by atoms with Gasteiger partial charge in [0.2, 0.25) is 0 Å². The Hall–Kier alpha value is -0.570. The summed E-state index contributed by atoms with van der Waals surface area (Å²) in [5.41, 5.74) is 1.44. The highest BCUT2D eigenvalue weighted by Gasteiger charge is 2.20. The number of hydrogen-bond acceptors (Lipinski definition) is 2. The van der Waals surface area contributed by atoms with E-state index in [-0.39, 0.29) is 12.4 Å². The van der Waals surface area contributed by atoms with Crippen molar-refractivity contribution >= 4 is 12.4 Å². The van der Waals surface area contributed by atoms with E-state index in [0.717, 1.165) is 25.7 Å². The molecule has 1 heterocycles. The van der Waals surface area contributed by atoms with Crippen LogP contribution in [0.1, 0.15) is 25.3 Å². The van der Waals surface area contributed by atoms with Crippen molar-refractivity contribution in [3.8, 4) is 0 Å². The molecule has 3 heteroatoms. The minimum atomic E-state index is 0. The lowest BCUT2D eigenvalue weighted by atomic mass is 10.1. The topological polar surface area (TPSA) is 15.3 Å². The molecule has 1 atom stereocenters. The molecule has 1 unspecified atom stereocenters. The van der Waals surface area contributed by atoms with E-state index in [4.69, 9.17) is 0 Å². The van der Waals surface area contributed by atoms with Crippen molar-refractivity contribution in [3.05, 3.63) is 35.9 Å². The molecule has 0 aromatic heterocycles. The summed E-state index contributed by atoms with van der Waals surface area (Å²) in [6, 6.07) is 11.5. The van der Waals surface area contributed by atoms with E-state index < -0.39 is 0 Å². The zero-order chi connectivity index (χ0) is 11.2. The number of hydrogen-bond donors (Lipinski definition) is 1. The third kappa shape index (κ3) is 4.30. The predicted octanol–water partition coefficient (Wildman–Crippen LogP) is 2.68. The molecular formula is C14H23ClN2. The Balaban J connectivity index is 0.00000144. The monoisotopic (exact) mass is 254 g/mol. The van der Waals surface area contributed by atoms with Crippen LogP contribution in [0, 0.1) is 0 Å². The molecule has 0 radical (unpaired) electrons. The van der Waals surface area contributed by atoms with Gasteiger partial charge in [0.25, 0.3) is 0 Å². The Morgan fingerprint density at radius 3 is 2.76 bits per heavy atom. The third-order valence-corrected chi connectivity index (χ3v) is 3.32. The van der Waals surface area contributed by atoms with Crippen LogP contribution >= 0.6 is 12.4 Å². The Morgan fingerprint density at radius 1 is 1.29 bits per heavy atom. The molecule has 0 spiro atoms. The standard InChI is InChI=1S/C14H22N2.ClH/c1-2-6-14-11-15-9-10-16(14)12-13-7-4-3-5-8-13;/h3-5,7-8,14-15H,2,6,9-12H2,1H3;1H. The van der Waals surface area contributed by atoms with Gasteiger partial charge >= 0.3 is 0 Å². The van der Waals surface area contributed by atoms with Crippen LogP contribution in [0.3, 0.4) is 0 Å². The maximum absolute atomic E-state index is 3.49. The van der Waals surface area contributed by atoms with Crippen molar-refractivity contribution in [1.82, 2.24) is 10.2 Å². The fourth-order valence-electron chi connectivity index (χ4n) is 2.45. The highest BCUT2D eigenvalue weighted by molar-refractivity contribution is 5.85. The van der Waals surface area contributed by atoms with E-state index in [2.05, 4.69) is 47.5 Å². The molecule has 1 aliphatic rings. The van der Waals surface area contributed by atoms with Gasteiger partial charge in [0.05, 0.1) is 0 Å². The van der Waals surface area contributed by atoms with Gasteiger partial charge in [0.1, 0.15) is 0 Å². The average Bonchev–Trinajstić information content (AvgIpc) is 2.33. The molecule has 1 fully saturated rings. The number of halogens is 1. The van der Waals surface area contributed by atoms with Crippen LogP contribution in [0.2, 0.25) is 0 Å². The second kappa shape index (κ2) is 7.70. The van der Waals surface area contributed by atoms with Crippen LogP contribution in [0.5, 0.6) is 0 Å². The summed E-state index contributed by atoms with van der Waals surface area (Å²) < 4.78 is 0.